The second-order valence-electron chi connectivity index (χ2n) is 10.5. The Kier molecular flexibility index (Phi) is 8.69. The first-order valence-electron chi connectivity index (χ1n) is 14.3. The summed E-state index contributed by atoms with van der Waals surface area (Å²) < 4.78 is 118. The van der Waals surface area contributed by atoms with Crippen LogP contribution < -0.4 is 0 Å². The molecule has 0 bridgehead atoms. The topological polar surface area (TPSA) is 137 Å². The van der Waals surface area contributed by atoms with Gasteiger partial charge < -0.3 is 0 Å². The van der Waals surface area contributed by atoms with Crippen LogP contribution in [0.15, 0.2) is 197 Å². The summed E-state index contributed by atoms with van der Waals surface area (Å²) in [7, 11) is -19.9. The fraction of sp³-hybridized carbons (Fsp3) is 0. The second kappa shape index (κ2) is 12.6. The van der Waals surface area contributed by atoms with Crippen LogP contribution in [0.2, 0.25) is 0 Å². The Morgan fingerprint density at radius 3 is 0.958 bits per heavy atom. The molecule has 8 nitrogen and oxygen atoms in total. The van der Waals surface area contributed by atoms with Crippen LogP contribution in [0.4, 0.5) is 0 Å². The van der Waals surface area contributed by atoms with E-state index in [9.17, 15) is 33.7 Å². The smallest absolute Gasteiger partial charge is 0.209 e. The molecule has 0 radical (unpaired) electrons. The van der Waals surface area contributed by atoms with Gasteiger partial charge in [-0.25, -0.2) is 33.7 Å². The predicted octanol–water partition coefficient (Wildman–Crippen LogP) is 6.68. The fourth-order valence-corrected chi connectivity index (χ4v) is 13.2. The number of benzene rings is 6. The van der Waals surface area contributed by atoms with Gasteiger partial charge in [0.25, 0.3) is 0 Å². The first kappa shape index (κ1) is 33.0. The van der Waals surface area contributed by atoms with Crippen molar-refractivity contribution in [3.63, 3.8) is 0 Å². The molecule has 0 atom stereocenters. The molecule has 0 aliphatic heterocycles. The van der Waals surface area contributed by atoms with Crippen LogP contribution in [0.1, 0.15) is 0 Å². The zero-order valence-electron chi connectivity index (χ0n) is 24.9. The van der Waals surface area contributed by atoms with Crippen molar-refractivity contribution in [1.29, 1.82) is 0 Å². The Labute approximate surface area is 279 Å². The maximum Gasteiger partial charge on any atom is 0.209 e. The fourth-order valence-electron chi connectivity index (χ4n) is 5.28. The zero-order valence-corrected chi connectivity index (χ0v) is 28.2. The van der Waals surface area contributed by atoms with E-state index in [1.165, 1.54) is 121 Å². The van der Waals surface area contributed by atoms with Gasteiger partial charge in [0.2, 0.25) is 39.3 Å². The zero-order chi connectivity index (χ0) is 34.2. The maximum atomic E-state index is 14.9. The predicted molar refractivity (Wildman–Crippen MR) is 179 cm³/mol. The Morgan fingerprint density at radius 1 is 0.292 bits per heavy atom. The third-order valence-corrected chi connectivity index (χ3v) is 15.3. The van der Waals surface area contributed by atoms with Crippen LogP contribution in [0, 0.1) is 0 Å². The van der Waals surface area contributed by atoms with Gasteiger partial charge >= 0.3 is 0 Å². The molecular formula is C36H26O8S4. The Morgan fingerprint density at radius 2 is 0.583 bits per heavy atom. The summed E-state index contributed by atoms with van der Waals surface area (Å²) in [5, 5.41) is 0. The first-order chi connectivity index (χ1) is 22.9. The standard InChI is InChI=1S/C36H26O8S4/c37-45(38,28-18-8-2-9-19-28)33-26-32(27-16-6-1-7-17-27)34(46(39,40)29-20-10-3-11-21-29)36(48(43,44)31-24-14-5-15-25-31)35(33)47(41,42)30-22-12-4-13-23-30/h1-26H. The van der Waals surface area contributed by atoms with Gasteiger partial charge in [0.15, 0.2) is 0 Å². The van der Waals surface area contributed by atoms with Crippen LogP contribution in [0.25, 0.3) is 11.1 Å². The molecule has 0 aromatic heterocycles. The molecular weight excluding hydrogens is 689 g/mol. The third-order valence-electron chi connectivity index (χ3n) is 7.55. The molecule has 0 amide bonds. The van der Waals surface area contributed by atoms with Crippen molar-refractivity contribution in [2.75, 3.05) is 0 Å². The summed E-state index contributed by atoms with van der Waals surface area (Å²) in [4.78, 5) is -5.62. The summed E-state index contributed by atoms with van der Waals surface area (Å²) in [6.45, 7) is 0. The van der Waals surface area contributed by atoms with E-state index in [0.717, 1.165) is 6.07 Å². The van der Waals surface area contributed by atoms with Crippen molar-refractivity contribution in [3.8, 4) is 11.1 Å². The molecule has 0 heterocycles. The molecule has 12 heteroatoms. The lowest BCUT2D eigenvalue weighted by Gasteiger charge is -2.23. The van der Waals surface area contributed by atoms with E-state index < -0.39 is 68.7 Å². The van der Waals surface area contributed by atoms with Gasteiger partial charge in [0, 0.05) is 5.56 Å². The van der Waals surface area contributed by atoms with E-state index in [-0.39, 0.29) is 20.9 Å². The number of rotatable bonds is 9. The number of hydrogen-bond donors (Lipinski definition) is 0. The van der Waals surface area contributed by atoms with Gasteiger partial charge in [-0.05, 0) is 60.2 Å². The summed E-state index contributed by atoms with van der Waals surface area (Å²) in [6, 6.07) is 36.0. The minimum Gasteiger partial charge on any atom is -0.218 e. The lowest BCUT2D eigenvalue weighted by molar-refractivity contribution is 0.565. The molecule has 0 N–H and O–H groups in total. The van der Waals surface area contributed by atoms with Crippen molar-refractivity contribution in [2.45, 2.75) is 39.2 Å². The van der Waals surface area contributed by atoms with Gasteiger partial charge in [0.1, 0.15) is 9.79 Å². The second-order valence-corrected chi connectivity index (χ2v) is 18.1. The molecule has 6 aromatic carbocycles. The highest BCUT2D eigenvalue weighted by Crippen LogP contribution is 2.47. The SMILES string of the molecule is O=S(=O)(c1ccccc1)c1cc(-c2ccccc2)c(S(=O)(=O)c2ccccc2)c(S(=O)(=O)c2ccccc2)c1S(=O)(=O)c1ccccc1. The molecule has 0 aliphatic carbocycles. The van der Waals surface area contributed by atoms with Crippen LogP contribution in [-0.2, 0) is 39.3 Å². The van der Waals surface area contributed by atoms with Crippen molar-refractivity contribution >= 4 is 39.3 Å². The average Bonchev–Trinajstić information content (AvgIpc) is 3.12. The summed E-state index contributed by atoms with van der Waals surface area (Å²) in [5.74, 6) is 0. The molecule has 0 unspecified atom stereocenters. The molecule has 48 heavy (non-hydrogen) atoms. The monoisotopic (exact) mass is 714 g/mol. The van der Waals surface area contributed by atoms with Crippen LogP contribution in [0.5, 0.6) is 0 Å². The average molecular weight is 715 g/mol. The molecule has 0 fully saturated rings. The van der Waals surface area contributed by atoms with Crippen molar-refractivity contribution in [2.24, 2.45) is 0 Å². The Bertz CT molecular complexity index is 2560. The highest BCUT2D eigenvalue weighted by Gasteiger charge is 2.43. The van der Waals surface area contributed by atoms with E-state index in [2.05, 4.69) is 0 Å². The summed E-state index contributed by atoms with van der Waals surface area (Å²) in [5.41, 5.74) is -0.167. The molecule has 6 aromatic rings. The van der Waals surface area contributed by atoms with Crippen molar-refractivity contribution in [3.05, 3.63) is 158 Å². The van der Waals surface area contributed by atoms with Crippen LogP contribution in [0.3, 0.4) is 0 Å². The van der Waals surface area contributed by atoms with E-state index in [1.54, 1.807) is 30.3 Å². The maximum absolute atomic E-state index is 14.9. The van der Waals surface area contributed by atoms with Crippen molar-refractivity contribution < 1.29 is 33.7 Å². The molecule has 0 aliphatic rings. The molecule has 242 valence electrons. The molecule has 0 saturated carbocycles. The molecule has 6 rings (SSSR count). The minimum atomic E-state index is -5.10. The summed E-state index contributed by atoms with van der Waals surface area (Å²) in [6.07, 6.45) is 0. The van der Waals surface area contributed by atoms with Gasteiger partial charge in [-0.15, -0.1) is 0 Å². The summed E-state index contributed by atoms with van der Waals surface area (Å²) >= 11 is 0. The van der Waals surface area contributed by atoms with E-state index in [0.29, 0.717) is 0 Å². The van der Waals surface area contributed by atoms with Crippen LogP contribution in [-0.4, -0.2) is 33.7 Å². The first-order valence-corrected chi connectivity index (χ1v) is 20.3. The van der Waals surface area contributed by atoms with E-state index in [1.807, 2.05) is 0 Å². The Hall–Kier alpha value is -4.88. The lowest BCUT2D eigenvalue weighted by atomic mass is 10.1. The normalized spacial score (nSPS) is 12.4. The number of hydrogen-bond acceptors (Lipinski definition) is 8. The third kappa shape index (κ3) is 5.77. The van der Waals surface area contributed by atoms with Gasteiger partial charge in [0.05, 0.1) is 29.4 Å². The van der Waals surface area contributed by atoms with Gasteiger partial charge in [-0.2, -0.15) is 0 Å². The highest BCUT2D eigenvalue weighted by atomic mass is 32.2. The van der Waals surface area contributed by atoms with E-state index in [4.69, 9.17) is 0 Å². The quantitative estimate of drug-likeness (QED) is 0.162. The van der Waals surface area contributed by atoms with Crippen LogP contribution >= 0.6 is 0 Å². The highest BCUT2D eigenvalue weighted by molar-refractivity contribution is 7.97. The van der Waals surface area contributed by atoms with Gasteiger partial charge in [-0.3, -0.25) is 0 Å². The Balaban J connectivity index is 1.96. The van der Waals surface area contributed by atoms with Crippen molar-refractivity contribution in [1.82, 2.24) is 0 Å². The number of sulfone groups is 4. The van der Waals surface area contributed by atoms with E-state index >= 15 is 0 Å². The lowest BCUT2D eigenvalue weighted by Crippen LogP contribution is -2.21. The molecule has 0 saturated heterocycles. The molecule has 0 spiro atoms. The van der Waals surface area contributed by atoms with Gasteiger partial charge in [-0.1, -0.05) is 103 Å². The largest absolute Gasteiger partial charge is 0.218 e. The minimum absolute atomic E-state index is 0.143.